The van der Waals surface area contributed by atoms with Crippen molar-refractivity contribution in [1.29, 1.82) is 0 Å². The van der Waals surface area contributed by atoms with Gasteiger partial charge in [0.15, 0.2) is 0 Å². The third kappa shape index (κ3) is 1.93. The van der Waals surface area contributed by atoms with Gasteiger partial charge >= 0.3 is 0 Å². The van der Waals surface area contributed by atoms with Crippen LogP contribution in [-0.2, 0) is 18.9 Å². The third-order valence-electron chi connectivity index (χ3n) is 4.92. The molecule has 124 valence electrons. The predicted molar refractivity (Wildman–Crippen MR) is 93.4 cm³/mol. The first-order valence-corrected chi connectivity index (χ1v) is 7.91. The number of hydrogen-bond acceptors (Lipinski definition) is 4. The Morgan fingerprint density at radius 2 is 1.04 bits per heavy atom. The van der Waals surface area contributed by atoms with Crippen LogP contribution < -0.4 is 0 Å². The van der Waals surface area contributed by atoms with Gasteiger partial charge in [-0.05, 0) is 34.1 Å². The summed E-state index contributed by atoms with van der Waals surface area (Å²) in [6.07, 6.45) is 3.77. The molecule has 0 spiro atoms. The maximum absolute atomic E-state index is 5.67. The highest BCUT2D eigenvalue weighted by Crippen LogP contribution is 2.47. The Hall–Kier alpha value is -2.30. The van der Waals surface area contributed by atoms with E-state index in [0.717, 1.165) is 44.5 Å². The molecular weight excluding hydrogens is 304 g/mol. The van der Waals surface area contributed by atoms with Crippen LogP contribution >= 0.6 is 0 Å². The van der Waals surface area contributed by atoms with Crippen molar-refractivity contribution < 1.29 is 18.9 Å². The number of benzene rings is 2. The molecule has 2 aliphatic rings. The lowest BCUT2D eigenvalue weighted by atomic mass is 9.82. The summed E-state index contributed by atoms with van der Waals surface area (Å²) < 4.78 is 22.6. The van der Waals surface area contributed by atoms with E-state index in [1.54, 1.807) is 28.4 Å². The molecule has 0 aromatic heterocycles. The number of rotatable bonds is 4. The van der Waals surface area contributed by atoms with E-state index in [0.29, 0.717) is 0 Å². The van der Waals surface area contributed by atoms with Crippen molar-refractivity contribution in [3.05, 3.63) is 58.7 Å². The molecule has 0 radical (unpaired) electrons. The first kappa shape index (κ1) is 15.2. The van der Waals surface area contributed by atoms with Crippen LogP contribution in [0, 0.1) is 0 Å². The van der Waals surface area contributed by atoms with E-state index >= 15 is 0 Å². The van der Waals surface area contributed by atoms with Crippen molar-refractivity contribution in [2.24, 2.45) is 0 Å². The summed E-state index contributed by atoms with van der Waals surface area (Å²) in [6.45, 7) is 0. The van der Waals surface area contributed by atoms with Crippen molar-refractivity contribution >= 4 is 22.3 Å². The zero-order valence-corrected chi connectivity index (χ0v) is 14.3. The SMILES string of the molecule is COC1=CC(OC)c2ccc3c4c(ccc1c24)C(OC)C=C3OC. The van der Waals surface area contributed by atoms with E-state index in [2.05, 4.69) is 24.3 Å². The van der Waals surface area contributed by atoms with Crippen molar-refractivity contribution in [1.82, 2.24) is 0 Å². The monoisotopic (exact) mass is 324 g/mol. The van der Waals surface area contributed by atoms with Crippen LogP contribution in [0.3, 0.4) is 0 Å². The van der Waals surface area contributed by atoms with Gasteiger partial charge < -0.3 is 18.9 Å². The summed E-state index contributed by atoms with van der Waals surface area (Å²) in [5.41, 5.74) is 4.43. The van der Waals surface area contributed by atoms with Gasteiger partial charge in [-0.3, -0.25) is 0 Å². The van der Waals surface area contributed by atoms with Gasteiger partial charge in [0, 0.05) is 25.3 Å². The van der Waals surface area contributed by atoms with Crippen LogP contribution in [-0.4, -0.2) is 28.4 Å². The van der Waals surface area contributed by atoms with Gasteiger partial charge in [-0.15, -0.1) is 0 Å². The molecule has 0 aliphatic heterocycles. The molecule has 2 aromatic carbocycles. The molecule has 2 aromatic rings. The quantitative estimate of drug-likeness (QED) is 0.844. The molecule has 0 N–H and O–H groups in total. The predicted octanol–water partition coefficient (Wildman–Crippen LogP) is 4.22. The molecule has 0 saturated heterocycles. The summed E-state index contributed by atoms with van der Waals surface area (Å²) in [7, 11) is 6.82. The Bertz CT molecular complexity index is 806. The first-order valence-electron chi connectivity index (χ1n) is 7.91. The van der Waals surface area contributed by atoms with E-state index in [4.69, 9.17) is 18.9 Å². The molecule has 2 unspecified atom stereocenters. The average molecular weight is 324 g/mol. The van der Waals surface area contributed by atoms with Crippen LogP contribution in [0.25, 0.3) is 22.3 Å². The van der Waals surface area contributed by atoms with Gasteiger partial charge in [-0.2, -0.15) is 0 Å². The fourth-order valence-corrected chi connectivity index (χ4v) is 3.81. The molecule has 2 aliphatic carbocycles. The van der Waals surface area contributed by atoms with Crippen molar-refractivity contribution in [2.45, 2.75) is 12.2 Å². The molecule has 4 heteroatoms. The van der Waals surface area contributed by atoms with Crippen LogP contribution in [0.4, 0.5) is 0 Å². The van der Waals surface area contributed by atoms with Gasteiger partial charge in [0.25, 0.3) is 0 Å². The molecule has 0 amide bonds. The molecule has 24 heavy (non-hydrogen) atoms. The van der Waals surface area contributed by atoms with Gasteiger partial charge in [0.1, 0.15) is 23.7 Å². The minimum absolute atomic E-state index is 0.130. The van der Waals surface area contributed by atoms with Gasteiger partial charge in [-0.25, -0.2) is 0 Å². The Morgan fingerprint density at radius 3 is 1.38 bits per heavy atom. The van der Waals surface area contributed by atoms with Crippen molar-refractivity contribution in [3.8, 4) is 0 Å². The fraction of sp³-hybridized carbons (Fsp3) is 0.300. The third-order valence-corrected chi connectivity index (χ3v) is 4.92. The zero-order chi connectivity index (χ0) is 16.8. The zero-order valence-electron chi connectivity index (χ0n) is 14.3. The number of ether oxygens (including phenoxy) is 4. The smallest absolute Gasteiger partial charge is 0.125 e. The molecule has 0 bridgehead atoms. The fourth-order valence-electron chi connectivity index (χ4n) is 3.81. The van der Waals surface area contributed by atoms with Gasteiger partial charge in [0.2, 0.25) is 0 Å². The van der Waals surface area contributed by atoms with Crippen molar-refractivity contribution in [3.63, 3.8) is 0 Å². The lowest BCUT2D eigenvalue weighted by molar-refractivity contribution is 0.140. The lowest BCUT2D eigenvalue weighted by Gasteiger charge is -2.29. The number of methoxy groups -OCH3 is 4. The van der Waals surface area contributed by atoms with Gasteiger partial charge in [-0.1, -0.05) is 24.3 Å². The van der Waals surface area contributed by atoms with Crippen LogP contribution in [0.15, 0.2) is 36.4 Å². The second-order valence-corrected chi connectivity index (χ2v) is 5.94. The van der Waals surface area contributed by atoms with E-state index in [1.165, 1.54) is 0 Å². The topological polar surface area (TPSA) is 36.9 Å². The molecular formula is C20H20O4. The largest absolute Gasteiger partial charge is 0.496 e. The standard InChI is InChI=1S/C20H20O4/c1-21-15-9-16(22-2)12-7-8-14-18(24-4)10-17(23-3)13-6-5-11(15)19(12)20(13)14/h5-10,15,18H,1-4H3. The highest BCUT2D eigenvalue weighted by atomic mass is 16.5. The summed E-state index contributed by atoms with van der Waals surface area (Å²) in [5, 5.41) is 2.31. The Kier molecular flexibility index (Phi) is 3.59. The summed E-state index contributed by atoms with van der Waals surface area (Å²) >= 11 is 0. The number of hydrogen-bond donors (Lipinski definition) is 0. The summed E-state index contributed by atoms with van der Waals surface area (Å²) in [5.74, 6) is 1.67. The first-order chi connectivity index (χ1) is 11.7. The van der Waals surface area contributed by atoms with Gasteiger partial charge in [0.05, 0.1) is 14.2 Å². The maximum Gasteiger partial charge on any atom is 0.125 e. The van der Waals surface area contributed by atoms with E-state index in [1.807, 2.05) is 12.2 Å². The second kappa shape index (κ2) is 5.65. The molecule has 2 atom stereocenters. The second-order valence-electron chi connectivity index (χ2n) is 5.94. The minimum Gasteiger partial charge on any atom is -0.496 e. The molecule has 4 nitrogen and oxygen atoms in total. The van der Waals surface area contributed by atoms with E-state index in [-0.39, 0.29) is 12.2 Å². The Morgan fingerprint density at radius 1 is 0.625 bits per heavy atom. The van der Waals surface area contributed by atoms with Crippen LogP contribution in [0.5, 0.6) is 0 Å². The lowest BCUT2D eigenvalue weighted by Crippen LogP contribution is -2.13. The average Bonchev–Trinajstić information content (AvgIpc) is 2.64. The molecule has 0 fully saturated rings. The molecule has 0 heterocycles. The van der Waals surface area contributed by atoms with Crippen LogP contribution in [0.2, 0.25) is 0 Å². The maximum atomic E-state index is 5.67. The van der Waals surface area contributed by atoms with Crippen LogP contribution in [0.1, 0.15) is 34.5 Å². The van der Waals surface area contributed by atoms with E-state index in [9.17, 15) is 0 Å². The minimum atomic E-state index is -0.130. The molecule has 4 rings (SSSR count). The molecule has 0 saturated carbocycles. The Labute approximate surface area is 141 Å². The van der Waals surface area contributed by atoms with Crippen molar-refractivity contribution in [2.75, 3.05) is 28.4 Å². The summed E-state index contributed by atoms with van der Waals surface area (Å²) in [6, 6.07) is 8.43. The highest BCUT2D eigenvalue weighted by Gasteiger charge is 2.30. The summed E-state index contributed by atoms with van der Waals surface area (Å²) in [4.78, 5) is 0. The van der Waals surface area contributed by atoms with E-state index < -0.39 is 0 Å². The Balaban J connectivity index is 2.12. The normalized spacial score (nSPS) is 21.3. The highest BCUT2D eigenvalue weighted by molar-refractivity contribution is 6.05.